The standard InChI is InChI=1S/C13H17N3OS/c1-2-17-12-9-10(3-4-11(12)14)15-6-5-13-16-7-8-18-13/h3-4,7-9,15H,2,5-6,14H2,1H3. The van der Waals surface area contributed by atoms with Crippen LogP contribution in [0.2, 0.25) is 0 Å². The highest BCUT2D eigenvalue weighted by Gasteiger charge is 2.02. The largest absolute Gasteiger partial charge is 0.492 e. The zero-order valence-electron chi connectivity index (χ0n) is 10.3. The summed E-state index contributed by atoms with van der Waals surface area (Å²) in [6, 6.07) is 5.75. The number of hydrogen-bond acceptors (Lipinski definition) is 5. The van der Waals surface area contributed by atoms with Gasteiger partial charge in [0.2, 0.25) is 0 Å². The minimum absolute atomic E-state index is 0.618. The van der Waals surface area contributed by atoms with Gasteiger partial charge in [0.1, 0.15) is 5.75 Å². The van der Waals surface area contributed by atoms with E-state index in [1.807, 2.05) is 36.7 Å². The van der Waals surface area contributed by atoms with Gasteiger partial charge in [-0.25, -0.2) is 4.98 Å². The highest BCUT2D eigenvalue weighted by Crippen LogP contribution is 2.25. The average molecular weight is 263 g/mol. The first-order valence-electron chi connectivity index (χ1n) is 5.94. The molecular formula is C13H17N3OS. The Morgan fingerprint density at radius 2 is 2.33 bits per heavy atom. The summed E-state index contributed by atoms with van der Waals surface area (Å²) in [5.41, 5.74) is 7.51. The number of ether oxygens (including phenoxy) is 1. The van der Waals surface area contributed by atoms with Gasteiger partial charge >= 0.3 is 0 Å². The lowest BCUT2D eigenvalue weighted by Gasteiger charge is -2.10. The Bertz CT molecular complexity index is 485. The fourth-order valence-electron chi connectivity index (χ4n) is 1.62. The molecule has 0 radical (unpaired) electrons. The average Bonchev–Trinajstić information content (AvgIpc) is 2.87. The maximum Gasteiger partial charge on any atom is 0.144 e. The predicted octanol–water partition coefficient (Wildman–Crippen LogP) is 2.78. The molecule has 0 aliphatic heterocycles. The van der Waals surface area contributed by atoms with E-state index in [1.165, 1.54) is 0 Å². The van der Waals surface area contributed by atoms with Gasteiger partial charge in [0.25, 0.3) is 0 Å². The normalized spacial score (nSPS) is 10.3. The predicted molar refractivity (Wildman–Crippen MR) is 76.3 cm³/mol. The van der Waals surface area contributed by atoms with E-state index in [1.54, 1.807) is 11.3 Å². The van der Waals surface area contributed by atoms with E-state index in [0.717, 1.165) is 29.4 Å². The Labute approximate surface area is 111 Å². The van der Waals surface area contributed by atoms with Gasteiger partial charge in [-0.1, -0.05) is 0 Å². The molecule has 0 saturated carbocycles. The zero-order chi connectivity index (χ0) is 12.8. The molecule has 1 aromatic carbocycles. The number of thiazole rings is 1. The van der Waals surface area contributed by atoms with Crippen LogP contribution in [0.3, 0.4) is 0 Å². The van der Waals surface area contributed by atoms with Crippen molar-refractivity contribution in [1.82, 2.24) is 4.98 Å². The lowest BCUT2D eigenvalue weighted by Crippen LogP contribution is -2.05. The Morgan fingerprint density at radius 3 is 3.06 bits per heavy atom. The van der Waals surface area contributed by atoms with Gasteiger partial charge in [-0.15, -0.1) is 11.3 Å². The zero-order valence-corrected chi connectivity index (χ0v) is 11.2. The van der Waals surface area contributed by atoms with E-state index in [2.05, 4.69) is 10.3 Å². The molecule has 18 heavy (non-hydrogen) atoms. The third-order valence-corrected chi connectivity index (χ3v) is 3.30. The van der Waals surface area contributed by atoms with E-state index in [9.17, 15) is 0 Å². The van der Waals surface area contributed by atoms with E-state index in [4.69, 9.17) is 10.5 Å². The molecule has 0 amide bonds. The lowest BCUT2D eigenvalue weighted by atomic mass is 10.2. The maximum absolute atomic E-state index is 5.82. The molecule has 0 aliphatic carbocycles. The molecule has 5 heteroatoms. The summed E-state index contributed by atoms with van der Waals surface area (Å²) < 4.78 is 5.45. The van der Waals surface area contributed by atoms with Gasteiger partial charge in [-0.2, -0.15) is 0 Å². The molecule has 0 unspecified atom stereocenters. The SMILES string of the molecule is CCOc1cc(NCCc2nccs2)ccc1N. The van der Waals surface area contributed by atoms with Crippen LogP contribution < -0.4 is 15.8 Å². The van der Waals surface area contributed by atoms with Gasteiger partial charge in [-0.05, 0) is 19.1 Å². The lowest BCUT2D eigenvalue weighted by molar-refractivity contribution is 0.342. The maximum atomic E-state index is 5.82. The molecule has 3 N–H and O–H groups in total. The van der Waals surface area contributed by atoms with Gasteiger partial charge in [-0.3, -0.25) is 0 Å². The minimum atomic E-state index is 0.618. The quantitative estimate of drug-likeness (QED) is 0.787. The topological polar surface area (TPSA) is 60.2 Å². The van der Waals surface area contributed by atoms with Crippen molar-refractivity contribution in [3.05, 3.63) is 34.8 Å². The van der Waals surface area contributed by atoms with Crippen molar-refractivity contribution >= 4 is 22.7 Å². The number of hydrogen-bond donors (Lipinski definition) is 2. The van der Waals surface area contributed by atoms with E-state index in [-0.39, 0.29) is 0 Å². The number of nitrogen functional groups attached to an aromatic ring is 1. The molecule has 2 aromatic rings. The molecule has 2 rings (SSSR count). The number of benzene rings is 1. The number of aromatic nitrogens is 1. The molecule has 0 atom stereocenters. The van der Waals surface area contributed by atoms with E-state index in [0.29, 0.717) is 12.3 Å². The third-order valence-electron chi connectivity index (χ3n) is 2.46. The third kappa shape index (κ3) is 3.37. The highest BCUT2D eigenvalue weighted by molar-refractivity contribution is 7.09. The van der Waals surface area contributed by atoms with Gasteiger partial charge in [0.05, 0.1) is 17.3 Å². The van der Waals surface area contributed by atoms with Crippen molar-refractivity contribution in [3.63, 3.8) is 0 Å². The summed E-state index contributed by atoms with van der Waals surface area (Å²) in [6.07, 6.45) is 2.75. The Hall–Kier alpha value is -1.75. The smallest absolute Gasteiger partial charge is 0.144 e. The molecule has 4 nitrogen and oxygen atoms in total. The van der Waals surface area contributed by atoms with Crippen molar-refractivity contribution < 1.29 is 4.74 Å². The number of rotatable bonds is 6. The molecule has 0 saturated heterocycles. The van der Waals surface area contributed by atoms with Crippen molar-refractivity contribution in [2.75, 3.05) is 24.2 Å². The van der Waals surface area contributed by atoms with Gasteiger partial charge in [0.15, 0.2) is 0 Å². The van der Waals surface area contributed by atoms with Crippen molar-refractivity contribution in [2.24, 2.45) is 0 Å². The summed E-state index contributed by atoms with van der Waals surface area (Å²) in [6.45, 7) is 3.41. The van der Waals surface area contributed by atoms with Crippen LogP contribution in [0.15, 0.2) is 29.8 Å². The summed E-state index contributed by atoms with van der Waals surface area (Å²) in [5, 5.41) is 6.47. The first-order chi connectivity index (χ1) is 8.79. The van der Waals surface area contributed by atoms with Gasteiger partial charge in [0, 0.05) is 36.3 Å². The monoisotopic (exact) mass is 263 g/mol. The summed E-state index contributed by atoms with van der Waals surface area (Å²) in [5.74, 6) is 0.733. The van der Waals surface area contributed by atoms with Crippen molar-refractivity contribution in [1.29, 1.82) is 0 Å². The van der Waals surface area contributed by atoms with Crippen LogP contribution in [0.1, 0.15) is 11.9 Å². The molecule has 0 spiro atoms. The first-order valence-corrected chi connectivity index (χ1v) is 6.82. The minimum Gasteiger partial charge on any atom is -0.492 e. The Balaban J connectivity index is 1.90. The molecule has 1 aromatic heterocycles. The van der Waals surface area contributed by atoms with Crippen LogP contribution >= 0.6 is 11.3 Å². The van der Waals surface area contributed by atoms with Crippen molar-refractivity contribution in [2.45, 2.75) is 13.3 Å². The van der Waals surface area contributed by atoms with E-state index < -0.39 is 0 Å². The fourth-order valence-corrected chi connectivity index (χ4v) is 2.24. The first kappa shape index (κ1) is 12.7. The second-order valence-corrected chi connectivity index (χ2v) is 4.77. The van der Waals surface area contributed by atoms with Gasteiger partial charge < -0.3 is 15.8 Å². The molecule has 96 valence electrons. The van der Waals surface area contributed by atoms with E-state index >= 15 is 0 Å². The van der Waals surface area contributed by atoms with Crippen LogP contribution in [0.4, 0.5) is 11.4 Å². The molecule has 1 heterocycles. The molecule has 0 aliphatic rings. The van der Waals surface area contributed by atoms with Crippen LogP contribution in [0, 0.1) is 0 Å². The second kappa shape index (κ2) is 6.26. The summed E-state index contributed by atoms with van der Waals surface area (Å²) >= 11 is 1.68. The molecule has 0 fully saturated rings. The van der Waals surface area contributed by atoms with Crippen LogP contribution in [-0.2, 0) is 6.42 Å². The Kier molecular flexibility index (Phi) is 4.41. The summed E-state index contributed by atoms with van der Waals surface area (Å²) in [4.78, 5) is 4.24. The number of nitrogens with zero attached hydrogens (tertiary/aromatic N) is 1. The fraction of sp³-hybridized carbons (Fsp3) is 0.308. The van der Waals surface area contributed by atoms with Crippen LogP contribution in [-0.4, -0.2) is 18.1 Å². The Morgan fingerprint density at radius 1 is 1.44 bits per heavy atom. The molecule has 0 bridgehead atoms. The van der Waals surface area contributed by atoms with Crippen LogP contribution in [0.5, 0.6) is 5.75 Å². The molecular weight excluding hydrogens is 246 g/mol. The van der Waals surface area contributed by atoms with Crippen LogP contribution in [0.25, 0.3) is 0 Å². The highest BCUT2D eigenvalue weighted by atomic mass is 32.1. The number of anilines is 2. The van der Waals surface area contributed by atoms with Crippen molar-refractivity contribution in [3.8, 4) is 5.75 Å². The summed E-state index contributed by atoms with van der Waals surface area (Å²) in [7, 11) is 0. The number of nitrogens with one attached hydrogen (secondary N) is 1. The number of nitrogens with two attached hydrogens (primary N) is 1. The second-order valence-electron chi connectivity index (χ2n) is 3.79.